The standard InChI is InChI=1S/C11H16N4O/c1-7-5-4-6-8(2)9(7)15(3)10(12)14-11(13)16/h4-6H,1-3H3,(H4,12,13,14,16). The molecule has 0 radical (unpaired) electrons. The zero-order valence-electron chi connectivity index (χ0n) is 9.66. The molecule has 2 amide bonds. The summed E-state index contributed by atoms with van der Waals surface area (Å²) in [5.41, 5.74) is 7.95. The molecular formula is C11H16N4O. The molecule has 86 valence electrons. The van der Waals surface area contributed by atoms with Crippen LogP contribution in [0.2, 0.25) is 0 Å². The Morgan fingerprint density at radius 1 is 1.38 bits per heavy atom. The Labute approximate surface area is 94.8 Å². The molecule has 5 nitrogen and oxygen atoms in total. The molecule has 1 aromatic carbocycles. The van der Waals surface area contributed by atoms with Crippen molar-refractivity contribution in [2.24, 2.45) is 5.73 Å². The maximum atomic E-state index is 10.7. The van der Waals surface area contributed by atoms with Crippen LogP contribution in [0, 0.1) is 19.3 Å². The second kappa shape index (κ2) is 4.65. The van der Waals surface area contributed by atoms with Crippen molar-refractivity contribution in [3.8, 4) is 0 Å². The number of rotatable bonds is 1. The summed E-state index contributed by atoms with van der Waals surface area (Å²) in [6.45, 7) is 3.91. The van der Waals surface area contributed by atoms with Gasteiger partial charge in [-0.2, -0.15) is 0 Å². The van der Waals surface area contributed by atoms with Crippen LogP contribution in [0.5, 0.6) is 0 Å². The molecule has 0 atom stereocenters. The maximum absolute atomic E-state index is 10.7. The summed E-state index contributed by atoms with van der Waals surface area (Å²) in [5, 5.41) is 9.91. The highest BCUT2D eigenvalue weighted by molar-refractivity contribution is 6.03. The molecule has 0 aliphatic rings. The Hall–Kier alpha value is -2.04. The fourth-order valence-electron chi connectivity index (χ4n) is 1.65. The van der Waals surface area contributed by atoms with Crippen LogP contribution in [0.15, 0.2) is 18.2 Å². The van der Waals surface area contributed by atoms with Gasteiger partial charge < -0.3 is 10.6 Å². The van der Waals surface area contributed by atoms with Crippen molar-refractivity contribution in [1.82, 2.24) is 5.32 Å². The van der Waals surface area contributed by atoms with E-state index in [4.69, 9.17) is 11.1 Å². The smallest absolute Gasteiger partial charge is 0.318 e. The van der Waals surface area contributed by atoms with E-state index in [9.17, 15) is 4.79 Å². The van der Waals surface area contributed by atoms with Gasteiger partial charge in [-0.05, 0) is 25.0 Å². The number of nitrogens with two attached hydrogens (primary N) is 1. The Kier molecular flexibility index (Phi) is 3.50. The number of hydrogen-bond donors (Lipinski definition) is 3. The Bertz CT molecular complexity index is 408. The third-order valence-electron chi connectivity index (χ3n) is 2.35. The number of anilines is 1. The monoisotopic (exact) mass is 220 g/mol. The van der Waals surface area contributed by atoms with Crippen LogP contribution in [-0.4, -0.2) is 19.0 Å². The first-order chi connectivity index (χ1) is 7.43. The van der Waals surface area contributed by atoms with Gasteiger partial charge in [0.1, 0.15) is 0 Å². The van der Waals surface area contributed by atoms with E-state index in [1.54, 1.807) is 11.9 Å². The maximum Gasteiger partial charge on any atom is 0.318 e. The second-order valence-electron chi connectivity index (χ2n) is 3.64. The summed E-state index contributed by atoms with van der Waals surface area (Å²) in [5.74, 6) is -0.0371. The zero-order valence-corrected chi connectivity index (χ0v) is 9.66. The van der Waals surface area contributed by atoms with Gasteiger partial charge in [0.15, 0.2) is 0 Å². The van der Waals surface area contributed by atoms with E-state index >= 15 is 0 Å². The van der Waals surface area contributed by atoms with Crippen molar-refractivity contribution in [3.05, 3.63) is 29.3 Å². The van der Waals surface area contributed by atoms with E-state index in [0.717, 1.165) is 16.8 Å². The largest absolute Gasteiger partial charge is 0.351 e. The molecule has 4 N–H and O–H groups in total. The highest BCUT2D eigenvalue weighted by Gasteiger charge is 2.12. The number of carbonyl (C=O) groups excluding carboxylic acids is 1. The van der Waals surface area contributed by atoms with Gasteiger partial charge in [-0.3, -0.25) is 10.7 Å². The lowest BCUT2D eigenvalue weighted by Crippen LogP contribution is -2.44. The Morgan fingerprint density at radius 2 is 1.88 bits per heavy atom. The summed E-state index contributed by atoms with van der Waals surface area (Å²) in [4.78, 5) is 12.3. The fraction of sp³-hybridized carbons (Fsp3) is 0.273. The predicted molar refractivity (Wildman–Crippen MR) is 64.8 cm³/mol. The molecule has 0 aliphatic heterocycles. The van der Waals surface area contributed by atoms with Gasteiger partial charge in [-0.1, -0.05) is 18.2 Å². The first-order valence-electron chi connectivity index (χ1n) is 4.88. The third-order valence-corrected chi connectivity index (χ3v) is 2.35. The van der Waals surface area contributed by atoms with Gasteiger partial charge in [0.2, 0.25) is 5.96 Å². The van der Waals surface area contributed by atoms with Gasteiger partial charge >= 0.3 is 6.03 Å². The van der Waals surface area contributed by atoms with E-state index in [2.05, 4.69) is 5.32 Å². The molecule has 16 heavy (non-hydrogen) atoms. The number of para-hydroxylation sites is 1. The van der Waals surface area contributed by atoms with Crippen molar-refractivity contribution in [1.29, 1.82) is 5.41 Å². The molecule has 1 aromatic rings. The third kappa shape index (κ3) is 2.50. The molecule has 0 bridgehead atoms. The summed E-state index contributed by atoms with van der Waals surface area (Å²) in [7, 11) is 1.72. The lowest BCUT2D eigenvalue weighted by molar-refractivity contribution is 0.253. The minimum atomic E-state index is -0.733. The number of amides is 2. The van der Waals surface area contributed by atoms with Crippen molar-refractivity contribution in [2.45, 2.75) is 13.8 Å². The molecule has 0 spiro atoms. The minimum absolute atomic E-state index is 0.0371. The van der Waals surface area contributed by atoms with Gasteiger partial charge in [0.05, 0.1) is 0 Å². The number of primary amides is 1. The normalized spacial score (nSPS) is 9.69. The van der Waals surface area contributed by atoms with E-state index in [1.165, 1.54) is 0 Å². The van der Waals surface area contributed by atoms with Crippen LogP contribution in [-0.2, 0) is 0 Å². The van der Waals surface area contributed by atoms with Crippen LogP contribution in [0.1, 0.15) is 11.1 Å². The first kappa shape index (κ1) is 12.0. The molecule has 0 heterocycles. The van der Waals surface area contributed by atoms with Crippen molar-refractivity contribution in [3.63, 3.8) is 0 Å². The summed E-state index contributed by atoms with van der Waals surface area (Å²) < 4.78 is 0. The average Bonchev–Trinajstić information content (AvgIpc) is 2.16. The molecular weight excluding hydrogens is 204 g/mol. The Balaban J connectivity index is 3.00. The molecule has 0 fully saturated rings. The van der Waals surface area contributed by atoms with Gasteiger partial charge in [-0.15, -0.1) is 0 Å². The van der Waals surface area contributed by atoms with Gasteiger partial charge in [0, 0.05) is 12.7 Å². The highest BCUT2D eigenvalue weighted by atomic mass is 16.2. The van der Waals surface area contributed by atoms with Gasteiger partial charge in [0.25, 0.3) is 0 Å². The number of hydrogen-bond acceptors (Lipinski definition) is 2. The van der Waals surface area contributed by atoms with Crippen LogP contribution in [0.3, 0.4) is 0 Å². The van der Waals surface area contributed by atoms with Crippen molar-refractivity contribution in [2.75, 3.05) is 11.9 Å². The van der Waals surface area contributed by atoms with E-state index < -0.39 is 6.03 Å². The second-order valence-corrected chi connectivity index (χ2v) is 3.64. The number of nitrogens with one attached hydrogen (secondary N) is 2. The number of nitrogens with zero attached hydrogens (tertiary/aromatic N) is 1. The summed E-state index contributed by atoms with van der Waals surface area (Å²) in [6.07, 6.45) is 0. The number of guanidine groups is 1. The fourth-order valence-corrected chi connectivity index (χ4v) is 1.65. The van der Waals surface area contributed by atoms with Crippen LogP contribution >= 0.6 is 0 Å². The first-order valence-corrected chi connectivity index (χ1v) is 4.88. The summed E-state index contributed by atoms with van der Waals surface area (Å²) >= 11 is 0. The molecule has 0 aromatic heterocycles. The number of aryl methyl sites for hydroxylation is 2. The molecule has 5 heteroatoms. The van der Waals surface area contributed by atoms with Crippen molar-refractivity contribution >= 4 is 17.7 Å². The van der Waals surface area contributed by atoms with E-state index in [-0.39, 0.29) is 5.96 Å². The number of benzene rings is 1. The van der Waals surface area contributed by atoms with Crippen molar-refractivity contribution < 1.29 is 4.79 Å². The van der Waals surface area contributed by atoms with E-state index in [1.807, 2.05) is 32.0 Å². The predicted octanol–water partition coefficient (Wildman–Crippen LogP) is 1.34. The van der Waals surface area contributed by atoms with Crippen LogP contribution in [0.25, 0.3) is 0 Å². The van der Waals surface area contributed by atoms with Crippen LogP contribution in [0.4, 0.5) is 10.5 Å². The molecule has 1 rings (SSSR count). The van der Waals surface area contributed by atoms with Crippen LogP contribution < -0.4 is 16.0 Å². The van der Waals surface area contributed by atoms with Gasteiger partial charge in [-0.25, -0.2) is 4.79 Å². The SMILES string of the molecule is Cc1cccc(C)c1N(C)C(=N)NC(N)=O. The number of urea groups is 1. The Morgan fingerprint density at radius 3 is 2.31 bits per heavy atom. The zero-order chi connectivity index (χ0) is 12.3. The number of carbonyl (C=O) groups is 1. The molecule has 0 saturated heterocycles. The topological polar surface area (TPSA) is 82.2 Å². The molecule has 0 unspecified atom stereocenters. The molecule has 0 aliphatic carbocycles. The van der Waals surface area contributed by atoms with E-state index in [0.29, 0.717) is 0 Å². The molecule has 0 saturated carbocycles. The average molecular weight is 220 g/mol. The minimum Gasteiger partial charge on any atom is -0.351 e. The quantitative estimate of drug-likeness (QED) is 0.493. The lowest BCUT2D eigenvalue weighted by atomic mass is 10.1. The highest BCUT2D eigenvalue weighted by Crippen LogP contribution is 2.22. The lowest BCUT2D eigenvalue weighted by Gasteiger charge is -2.23. The summed E-state index contributed by atoms with van der Waals surface area (Å²) in [6, 6.07) is 5.13.